The van der Waals surface area contributed by atoms with E-state index in [4.69, 9.17) is 0 Å². The van der Waals surface area contributed by atoms with Gasteiger partial charge in [-0.15, -0.1) is 0 Å². The van der Waals surface area contributed by atoms with Crippen LogP contribution in [-0.4, -0.2) is 34.4 Å². The lowest BCUT2D eigenvalue weighted by atomic mass is 10.1. The summed E-state index contributed by atoms with van der Waals surface area (Å²) in [5, 5.41) is 9.67. The Hall–Kier alpha value is 0.270. The Morgan fingerprint density at radius 2 is 2.27 bits per heavy atom. The summed E-state index contributed by atoms with van der Waals surface area (Å²) in [5.41, 5.74) is -0.408. The zero-order chi connectivity index (χ0) is 8.48. The van der Waals surface area contributed by atoms with Crippen LogP contribution in [0.5, 0.6) is 0 Å². The van der Waals surface area contributed by atoms with Gasteiger partial charge in [-0.2, -0.15) is 0 Å². The second-order valence-corrected chi connectivity index (χ2v) is 4.56. The molecule has 0 bridgehead atoms. The Morgan fingerprint density at radius 3 is 2.64 bits per heavy atom. The largest absolute Gasteiger partial charge is 0.390 e. The van der Waals surface area contributed by atoms with Crippen LogP contribution in [-0.2, 0) is 0 Å². The van der Waals surface area contributed by atoms with Crippen molar-refractivity contribution < 1.29 is 5.11 Å². The summed E-state index contributed by atoms with van der Waals surface area (Å²) in [6.45, 7) is 1.93. The van der Waals surface area contributed by atoms with Gasteiger partial charge in [0.05, 0.1) is 5.60 Å². The molecule has 0 spiro atoms. The van der Waals surface area contributed by atoms with Gasteiger partial charge >= 0.3 is 0 Å². The van der Waals surface area contributed by atoms with Crippen LogP contribution in [0.4, 0.5) is 0 Å². The fourth-order valence-corrected chi connectivity index (χ4v) is 2.13. The van der Waals surface area contributed by atoms with Crippen LogP contribution in [0.25, 0.3) is 0 Å². The van der Waals surface area contributed by atoms with Gasteiger partial charge in [-0.25, -0.2) is 0 Å². The second kappa shape index (κ2) is 3.33. The van der Waals surface area contributed by atoms with Crippen molar-refractivity contribution >= 4 is 11.9 Å². The van der Waals surface area contributed by atoms with E-state index in [1.807, 2.05) is 6.92 Å². The van der Waals surface area contributed by atoms with Gasteiger partial charge in [-0.3, -0.25) is 4.31 Å². The third-order valence-corrected chi connectivity index (χ3v) is 3.37. The summed E-state index contributed by atoms with van der Waals surface area (Å²) in [7, 11) is 2.09. The molecule has 11 heavy (non-hydrogen) atoms. The van der Waals surface area contributed by atoms with Crippen molar-refractivity contribution in [3.8, 4) is 0 Å². The van der Waals surface area contributed by atoms with Gasteiger partial charge in [0.2, 0.25) is 0 Å². The molecule has 0 heterocycles. The summed E-state index contributed by atoms with van der Waals surface area (Å²) < 4.78 is 2.24. The monoisotopic (exact) mass is 175 g/mol. The van der Waals surface area contributed by atoms with Crippen molar-refractivity contribution in [2.24, 2.45) is 0 Å². The lowest BCUT2D eigenvalue weighted by Crippen LogP contribution is -2.26. The maximum Gasteiger partial charge on any atom is 0.0635 e. The number of rotatable bonds is 2. The van der Waals surface area contributed by atoms with Crippen LogP contribution in [0.2, 0.25) is 0 Å². The Labute approximate surface area is 73.1 Å². The minimum absolute atomic E-state index is 0.408. The van der Waals surface area contributed by atoms with Crippen LogP contribution in [0.1, 0.15) is 26.2 Å². The highest BCUT2D eigenvalue weighted by Crippen LogP contribution is 2.33. The molecule has 3 heteroatoms. The minimum Gasteiger partial charge on any atom is -0.390 e. The zero-order valence-electron chi connectivity index (χ0n) is 7.50. The Bertz CT molecular complexity index is 138. The van der Waals surface area contributed by atoms with Crippen LogP contribution in [0.3, 0.4) is 0 Å². The van der Waals surface area contributed by atoms with Crippen molar-refractivity contribution in [1.82, 2.24) is 4.31 Å². The highest BCUT2D eigenvalue weighted by atomic mass is 32.2. The Balaban J connectivity index is 2.41. The average molecular weight is 175 g/mol. The highest BCUT2D eigenvalue weighted by molar-refractivity contribution is 7.96. The maximum absolute atomic E-state index is 9.67. The van der Waals surface area contributed by atoms with E-state index in [2.05, 4.69) is 17.6 Å². The number of nitrogens with zero attached hydrogens (tertiary/aromatic N) is 1. The van der Waals surface area contributed by atoms with Crippen LogP contribution >= 0.6 is 11.9 Å². The molecule has 0 saturated heterocycles. The predicted octanol–water partition coefficient (Wildman–Crippen LogP) is 1.50. The van der Waals surface area contributed by atoms with Gasteiger partial charge in [-0.1, -0.05) is 11.9 Å². The van der Waals surface area contributed by atoms with Crippen LogP contribution in [0.15, 0.2) is 0 Å². The van der Waals surface area contributed by atoms with Gasteiger partial charge < -0.3 is 5.11 Å². The number of hydrogen-bond acceptors (Lipinski definition) is 3. The van der Waals surface area contributed by atoms with E-state index in [0.717, 1.165) is 19.3 Å². The first-order valence-electron chi connectivity index (χ1n) is 4.04. The zero-order valence-corrected chi connectivity index (χ0v) is 8.32. The molecule has 66 valence electrons. The van der Waals surface area contributed by atoms with E-state index < -0.39 is 5.60 Å². The van der Waals surface area contributed by atoms with Gasteiger partial charge in [0, 0.05) is 6.04 Å². The van der Waals surface area contributed by atoms with E-state index >= 15 is 0 Å². The molecule has 2 atom stereocenters. The van der Waals surface area contributed by atoms with Crippen LogP contribution in [0, 0.1) is 0 Å². The standard InChI is InChI=1S/C8H17NOS/c1-8(10)5-4-7(6-8)9(2)11-3/h7,10H,4-6H2,1-3H3. The van der Waals surface area contributed by atoms with Crippen molar-refractivity contribution in [1.29, 1.82) is 0 Å². The van der Waals surface area contributed by atoms with E-state index in [-0.39, 0.29) is 0 Å². The quantitative estimate of drug-likeness (QED) is 0.643. The van der Waals surface area contributed by atoms with E-state index in [0.29, 0.717) is 6.04 Å². The number of hydrogen-bond donors (Lipinski definition) is 1. The van der Waals surface area contributed by atoms with Gasteiger partial charge in [-0.05, 0) is 39.5 Å². The molecule has 0 aromatic carbocycles. The minimum atomic E-state index is -0.408. The molecule has 1 rings (SSSR count). The molecule has 1 fully saturated rings. The molecule has 0 amide bonds. The van der Waals surface area contributed by atoms with E-state index in [9.17, 15) is 5.11 Å². The van der Waals surface area contributed by atoms with Crippen molar-refractivity contribution in [2.45, 2.75) is 37.8 Å². The van der Waals surface area contributed by atoms with Gasteiger partial charge in [0.1, 0.15) is 0 Å². The average Bonchev–Trinajstić information content (AvgIpc) is 2.29. The molecule has 0 radical (unpaired) electrons. The summed E-state index contributed by atoms with van der Waals surface area (Å²) in [6.07, 6.45) is 5.07. The molecule has 1 aliphatic carbocycles. The lowest BCUT2D eigenvalue weighted by molar-refractivity contribution is 0.0634. The first-order valence-corrected chi connectivity index (χ1v) is 5.23. The second-order valence-electron chi connectivity index (χ2n) is 3.62. The Kier molecular flexibility index (Phi) is 2.84. The molecule has 1 N–H and O–H groups in total. The van der Waals surface area contributed by atoms with Crippen LogP contribution < -0.4 is 0 Å². The molecule has 1 aliphatic rings. The van der Waals surface area contributed by atoms with E-state index in [1.165, 1.54) is 0 Å². The highest BCUT2D eigenvalue weighted by Gasteiger charge is 2.34. The summed E-state index contributed by atoms with van der Waals surface area (Å²) >= 11 is 1.74. The third-order valence-electron chi connectivity index (χ3n) is 2.49. The van der Waals surface area contributed by atoms with Crippen molar-refractivity contribution in [3.05, 3.63) is 0 Å². The molecule has 0 aromatic heterocycles. The van der Waals surface area contributed by atoms with Crippen molar-refractivity contribution in [2.75, 3.05) is 13.3 Å². The molecule has 2 unspecified atom stereocenters. The third kappa shape index (κ3) is 2.36. The van der Waals surface area contributed by atoms with E-state index in [1.54, 1.807) is 11.9 Å². The maximum atomic E-state index is 9.67. The van der Waals surface area contributed by atoms with Crippen molar-refractivity contribution in [3.63, 3.8) is 0 Å². The number of aliphatic hydroxyl groups is 1. The molecule has 0 aliphatic heterocycles. The predicted molar refractivity (Wildman–Crippen MR) is 49.5 cm³/mol. The smallest absolute Gasteiger partial charge is 0.0635 e. The normalized spacial score (nSPS) is 38.5. The molecule has 1 saturated carbocycles. The summed E-state index contributed by atoms with van der Waals surface area (Å²) in [6, 6.07) is 0.569. The molecular formula is C8H17NOS. The SMILES string of the molecule is CSN(C)C1CCC(C)(O)C1. The summed E-state index contributed by atoms with van der Waals surface area (Å²) in [5.74, 6) is 0. The fraction of sp³-hybridized carbons (Fsp3) is 1.00. The first-order chi connectivity index (χ1) is 5.05. The first kappa shape index (κ1) is 9.36. The molecule has 0 aromatic rings. The fourth-order valence-electron chi connectivity index (χ4n) is 1.65. The molecule has 2 nitrogen and oxygen atoms in total. The Morgan fingerprint density at radius 1 is 1.64 bits per heavy atom. The molecular weight excluding hydrogens is 158 g/mol. The van der Waals surface area contributed by atoms with Gasteiger partial charge in [0.25, 0.3) is 0 Å². The topological polar surface area (TPSA) is 23.5 Å². The lowest BCUT2D eigenvalue weighted by Gasteiger charge is -2.22. The summed E-state index contributed by atoms with van der Waals surface area (Å²) in [4.78, 5) is 0. The van der Waals surface area contributed by atoms with Gasteiger partial charge in [0.15, 0.2) is 0 Å².